The van der Waals surface area contributed by atoms with Gasteiger partial charge in [-0.1, -0.05) is 43.7 Å². The molecule has 2 N–H and O–H groups in total. The van der Waals surface area contributed by atoms with Crippen LogP contribution in [0.3, 0.4) is 0 Å². The van der Waals surface area contributed by atoms with Gasteiger partial charge >= 0.3 is 0 Å². The number of aryl methyl sites for hydroxylation is 1. The van der Waals surface area contributed by atoms with Gasteiger partial charge in [-0.15, -0.1) is 0 Å². The van der Waals surface area contributed by atoms with Crippen molar-refractivity contribution in [3.63, 3.8) is 0 Å². The van der Waals surface area contributed by atoms with Crippen LogP contribution in [0.15, 0.2) is 58.4 Å². The number of anilines is 1. The lowest BCUT2D eigenvalue weighted by Gasteiger charge is -2.28. The Labute approximate surface area is 243 Å². The van der Waals surface area contributed by atoms with Crippen LogP contribution < -0.4 is 21.1 Å². The van der Waals surface area contributed by atoms with Crippen LogP contribution in [0.25, 0.3) is 0 Å². The fourth-order valence-corrected chi connectivity index (χ4v) is 5.51. The van der Waals surface area contributed by atoms with Gasteiger partial charge in [-0.25, -0.2) is 13.5 Å². The highest BCUT2D eigenvalue weighted by atomic mass is 35.5. The van der Waals surface area contributed by atoms with E-state index in [1.165, 1.54) is 29.9 Å². The van der Waals surface area contributed by atoms with Crippen molar-refractivity contribution in [3.05, 3.63) is 81.1 Å². The third-order valence-electron chi connectivity index (χ3n) is 7.74. The SMILES string of the molecule is CC(C)C(=O)N[C@@H](CCCNC(=O)[C@@H]1CN(c2ccc(=O)n(C)n2)C[C@H]1c1ccc(F)cc1F)C1C=CC(Cl)=CC1. The summed E-state index contributed by atoms with van der Waals surface area (Å²) in [5, 5.41) is 11.1. The summed E-state index contributed by atoms with van der Waals surface area (Å²) in [5.41, 5.74) is -0.0137. The minimum Gasteiger partial charge on any atom is -0.356 e. The Bertz CT molecular complexity index is 1390. The number of allylic oxidation sites excluding steroid dienone is 3. The summed E-state index contributed by atoms with van der Waals surface area (Å²) in [7, 11) is 1.54. The van der Waals surface area contributed by atoms with Crippen LogP contribution in [0.2, 0.25) is 0 Å². The zero-order chi connectivity index (χ0) is 29.7. The van der Waals surface area contributed by atoms with Crippen LogP contribution in [0.4, 0.5) is 14.6 Å². The first-order valence-electron chi connectivity index (χ1n) is 13.9. The van der Waals surface area contributed by atoms with E-state index in [1.807, 2.05) is 37.0 Å². The van der Waals surface area contributed by atoms with E-state index in [0.29, 0.717) is 36.7 Å². The van der Waals surface area contributed by atoms with Crippen LogP contribution in [0.1, 0.15) is 44.6 Å². The molecule has 1 aliphatic carbocycles. The van der Waals surface area contributed by atoms with E-state index in [-0.39, 0.29) is 53.9 Å². The van der Waals surface area contributed by atoms with E-state index in [9.17, 15) is 23.2 Å². The van der Waals surface area contributed by atoms with Gasteiger partial charge in [-0.2, -0.15) is 5.10 Å². The van der Waals surface area contributed by atoms with Crippen molar-refractivity contribution in [1.82, 2.24) is 20.4 Å². The van der Waals surface area contributed by atoms with Gasteiger partial charge in [0.1, 0.15) is 17.5 Å². The summed E-state index contributed by atoms with van der Waals surface area (Å²) in [6, 6.07) is 6.25. The second-order valence-electron chi connectivity index (χ2n) is 11.0. The predicted molar refractivity (Wildman–Crippen MR) is 154 cm³/mol. The highest BCUT2D eigenvalue weighted by molar-refractivity contribution is 6.31. The monoisotopic (exact) mass is 587 g/mol. The molecular formula is C30H36ClF2N5O3. The zero-order valence-electron chi connectivity index (χ0n) is 23.4. The molecule has 220 valence electrons. The standard InChI is InChI=1S/C30H36ClF2N5O3/c1-18(2)29(40)35-26(19-6-8-20(31)9-7-19)5-4-14-34-30(41)24-17-38(27-12-13-28(39)37(3)36-27)16-23(24)22-11-10-21(32)15-25(22)33/h6,8-13,15,18-19,23-24,26H,4-5,7,14,16-17H2,1-3H3,(H,34,41)(H,35,40)/t19?,23-,24+,26-/m0/s1. The van der Waals surface area contributed by atoms with Crippen molar-refractivity contribution >= 4 is 29.2 Å². The van der Waals surface area contributed by atoms with Gasteiger partial charge in [-0.05, 0) is 43.0 Å². The Morgan fingerprint density at radius 1 is 1.17 bits per heavy atom. The molecule has 1 aromatic heterocycles. The molecule has 0 bridgehead atoms. The Balaban J connectivity index is 1.43. The maximum absolute atomic E-state index is 14.8. The average molecular weight is 588 g/mol. The summed E-state index contributed by atoms with van der Waals surface area (Å²) in [4.78, 5) is 39.6. The second kappa shape index (κ2) is 13.4. The second-order valence-corrected chi connectivity index (χ2v) is 11.4. The molecule has 1 aliphatic heterocycles. The van der Waals surface area contributed by atoms with Crippen molar-refractivity contribution in [3.8, 4) is 0 Å². The van der Waals surface area contributed by atoms with E-state index in [1.54, 1.807) is 6.07 Å². The summed E-state index contributed by atoms with van der Waals surface area (Å²) in [5.74, 6) is -2.41. The van der Waals surface area contributed by atoms with E-state index < -0.39 is 23.5 Å². The molecular weight excluding hydrogens is 552 g/mol. The van der Waals surface area contributed by atoms with Gasteiger partial charge in [0.05, 0.1) is 5.92 Å². The highest BCUT2D eigenvalue weighted by Gasteiger charge is 2.40. The Morgan fingerprint density at radius 3 is 2.61 bits per heavy atom. The lowest BCUT2D eigenvalue weighted by Crippen LogP contribution is -2.42. The van der Waals surface area contributed by atoms with Crippen molar-refractivity contribution in [2.75, 3.05) is 24.5 Å². The number of carbonyl (C=O) groups is 2. The molecule has 1 aromatic carbocycles. The Hall–Kier alpha value is -3.53. The quantitative estimate of drug-likeness (QED) is 0.410. The molecule has 0 radical (unpaired) electrons. The molecule has 8 nitrogen and oxygen atoms in total. The smallest absolute Gasteiger partial charge is 0.266 e. The fourth-order valence-electron chi connectivity index (χ4n) is 5.35. The first-order chi connectivity index (χ1) is 19.5. The zero-order valence-corrected chi connectivity index (χ0v) is 24.2. The molecule has 4 atom stereocenters. The number of nitrogens with zero attached hydrogens (tertiary/aromatic N) is 3. The molecule has 1 unspecified atom stereocenters. The predicted octanol–water partition coefficient (Wildman–Crippen LogP) is 4.01. The average Bonchev–Trinajstić information content (AvgIpc) is 3.37. The van der Waals surface area contributed by atoms with Crippen LogP contribution in [0.5, 0.6) is 0 Å². The van der Waals surface area contributed by atoms with Gasteiger partial charge in [-0.3, -0.25) is 14.4 Å². The molecule has 0 saturated carbocycles. The van der Waals surface area contributed by atoms with Gasteiger partial charge in [0.15, 0.2) is 0 Å². The van der Waals surface area contributed by atoms with E-state index >= 15 is 0 Å². The molecule has 1 saturated heterocycles. The summed E-state index contributed by atoms with van der Waals surface area (Å²) in [6.45, 7) is 4.59. The number of aromatic nitrogens is 2. The first-order valence-corrected chi connectivity index (χ1v) is 14.3. The van der Waals surface area contributed by atoms with Gasteiger partial charge < -0.3 is 15.5 Å². The number of rotatable bonds is 10. The molecule has 4 rings (SSSR count). The number of amides is 2. The summed E-state index contributed by atoms with van der Waals surface area (Å²) < 4.78 is 29.7. The van der Waals surface area contributed by atoms with Crippen molar-refractivity contribution in [1.29, 1.82) is 0 Å². The Morgan fingerprint density at radius 2 is 1.95 bits per heavy atom. The number of benzene rings is 1. The van der Waals surface area contributed by atoms with Gasteiger partial charge in [0.2, 0.25) is 11.8 Å². The third kappa shape index (κ3) is 7.61. The largest absolute Gasteiger partial charge is 0.356 e. The molecule has 11 heteroatoms. The van der Waals surface area contributed by atoms with E-state index in [0.717, 1.165) is 6.07 Å². The lowest BCUT2D eigenvalue weighted by molar-refractivity contribution is -0.126. The summed E-state index contributed by atoms with van der Waals surface area (Å²) in [6.07, 6.45) is 7.76. The number of hydrogen-bond donors (Lipinski definition) is 2. The number of hydrogen-bond acceptors (Lipinski definition) is 5. The van der Waals surface area contributed by atoms with Gasteiger partial charge in [0, 0.05) is 67.6 Å². The van der Waals surface area contributed by atoms with E-state index in [4.69, 9.17) is 11.6 Å². The first kappa shape index (κ1) is 30.4. The molecule has 0 spiro atoms. The Kier molecular flexibility index (Phi) is 9.96. The van der Waals surface area contributed by atoms with Crippen molar-refractivity contribution in [2.24, 2.45) is 24.8 Å². The van der Waals surface area contributed by atoms with Crippen LogP contribution in [-0.2, 0) is 16.6 Å². The number of halogens is 3. The molecule has 2 aliphatic rings. The van der Waals surface area contributed by atoms with Crippen LogP contribution in [0, 0.1) is 29.4 Å². The van der Waals surface area contributed by atoms with Crippen molar-refractivity contribution in [2.45, 2.75) is 45.1 Å². The number of carbonyl (C=O) groups excluding carboxylic acids is 2. The minimum absolute atomic E-state index is 0.0321. The van der Waals surface area contributed by atoms with Crippen LogP contribution in [-0.4, -0.2) is 47.3 Å². The molecule has 41 heavy (non-hydrogen) atoms. The third-order valence-corrected chi connectivity index (χ3v) is 8.02. The maximum atomic E-state index is 14.8. The van der Waals surface area contributed by atoms with Crippen molar-refractivity contribution < 1.29 is 18.4 Å². The number of nitrogens with one attached hydrogen (secondary N) is 2. The van der Waals surface area contributed by atoms with Gasteiger partial charge in [0.25, 0.3) is 5.56 Å². The maximum Gasteiger partial charge on any atom is 0.266 e. The topological polar surface area (TPSA) is 96.3 Å². The highest BCUT2D eigenvalue weighted by Crippen LogP contribution is 2.36. The molecule has 2 aromatic rings. The molecule has 2 heterocycles. The van der Waals surface area contributed by atoms with Crippen LogP contribution >= 0.6 is 11.6 Å². The normalized spacial score (nSPS) is 21.1. The lowest BCUT2D eigenvalue weighted by atomic mass is 9.87. The molecule has 1 fully saturated rings. The fraction of sp³-hybridized carbons (Fsp3) is 0.467. The molecule has 2 amide bonds. The summed E-state index contributed by atoms with van der Waals surface area (Å²) >= 11 is 6.08. The van der Waals surface area contributed by atoms with E-state index in [2.05, 4.69) is 15.7 Å². The minimum atomic E-state index is -0.707.